The lowest BCUT2D eigenvalue weighted by Crippen LogP contribution is -2.19. The second-order valence-electron chi connectivity index (χ2n) is 5.44. The summed E-state index contributed by atoms with van der Waals surface area (Å²) in [6.07, 6.45) is -4.48. The number of phenols is 1. The van der Waals surface area contributed by atoms with Gasteiger partial charge in [-0.3, -0.25) is 4.79 Å². The van der Waals surface area contributed by atoms with Crippen molar-refractivity contribution in [3.05, 3.63) is 53.1 Å². The zero-order valence-electron chi connectivity index (χ0n) is 14.7. The minimum atomic E-state index is -4.48. The molecule has 2 aromatic carbocycles. The molecule has 0 radical (unpaired) electrons. The van der Waals surface area contributed by atoms with Crippen LogP contribution in [0.2, 0.25) is 0 Å². The Morgan fingerprint density at radius 1 is 1.11 bits per heavy atom. The summed E-state index contributed by atoms with van der Waals surface area (Å²) in [4.78, 5) is 12.1. The Bertz CT molecular complexity index is 862. The van der Waals surface area contributed by atoms with Crippen molar-refractivity contribution in [2.24, 2.45) is 5.10 Å². The highest BCUT2D eigenvalue weighted by molar-refractivity contribution is 6.05. The summed E-state index contributed by atoms with van der Waals surface area (Å²) >= 11 is 0. The van der Waals surface area contributed by atoms with Gasteiger partial charge in [0.2, 0.25) is 0 Å². The highest BCUT2D eigenvalue weighted by Crippen LogP contribution is 2.33. The molecule has 2 N–H and O–H groups in total. The fourth-order valence-corrected chi connectivity index (χ4v) is 2.28. The number of halogens is 3. The number of benzene rings is 2. The van der Waals surface area contributed by atoms with Gasteiger partial charge in [0.25, 0.3) is 5.91 Å². The van der Waals surface area contributed by atoms with Crippen molar-refractivity contribution in [1.82, 2.24) is 5.43 Å². The van der Waals surface area contributed by atoms with Crippen molar-refractivity contribution in [2.75, 3.05) is 14.2 Å². The predicted octanol–water partition coefficient (Wildman–Crippen LogP) is 3.58. The van der Waals surface area contributed by atoms with Crippen LogP contribution in [0.15, 0.2) is 41.5 Å². The third-order valence-electron chi connectivity index (χ3n) is 3.67. The van der Waals surface area contributed by atoms with Crippen molar-refractivity contribution in [1.29, 1.82) is 0 Å². The largest absolute Gasteiger partial charge is 0.507 e. The number of hydrogen-bond acceptors (Lipinski definition) is 5. The van der Waals surface area contributed by atoms with Crippen LogP contribution in [0.4, 0.5) is 13.2 Å². The number of phenolic OH excluding ortho intramolecular Hbond substituents is 1. The van der Waals surface area contributed by atoms with Gasteiger partial charge in [0, 0.05) is 17.7 Å². The van der Waals surface area contributed by atoms with E-state index < -0.39 is 17.6 Å². The van der Waals surface area contributed by atoms with Gasteiger partial charge in [-0.05, 0) is 31.2 Å². The van der Waals surface area contributed by atoms with E-state index in [9.17, 15) is 23.1 Å². The molecule has 0 aliphatic rings. The van der Waals surface area contributed by atoms with Crippen LogP contribution in [0.25, 0.3) is 0 Å². The van der Waals surface area contributed by atoms with Gasteiger partial charge in [0.1, 0.15) is 17.2 Å². The Hall–Kier alpha value is -3.23. The minimum absolute atomic E-state index is 0.00506. The van der Waals surface area contributed by atoms with Gasteiger partial charge in [0.05, 0.1) is 31.1 Å². The number of alkyl halides is 3. The summed E-state index contributed by atoms with van der Waals surface area (Å²) in [5.74, 6) is -0.224. The molecule has 0 saturated heterocycles. The fraction of sp³-hybridized carbons (Fsp3) is 0.222. The van der Waals surface area contributed by atoms with Gasteiger partial charge >= 0.3 is 6.18 Å². The third-order valence-corrected chi connectivity index (χ3v) is 3.67. The highest BCUT2D eigenvalue weighted by atomic mass is 19.4. The molecule has 0 unspecified atom stereocenters. The summed E-state index contributed by atoms with van der Waals surface area (Å²) in [6, 6.07) is 6.61. The molecule has 0 bridgehead atoms. The number of carbonyl (C=O) groups excluding carboxylic acids is 1. The van der Waals surface area contributed by atoms with E-state index >= 15 is 0 Å². The maximum absolute atomic E-state index is 12.6. The number of hydrogen-bond donors (Lipinski definition) is 2. The minimum Gasteiger partial charge on any atom is -0.507 e. The lowest BCUT2D eigenvalue weighted by molar-refractivity contribution is -0.137. The first-order chi connectivity index (χ1) is 12.7. The SMILES string of the molecule is COc1cc(O)c(C(C)=NNC(=O)c2ccc(C(F)(F)F)cc2)c(OC)c1. The van der Waals surface area contributed by atoms with Gasteiger partial charge in [-0.15, -0.1) is 0 Å². The van der Waals surface area contributed by atoms with Crippen LogP contribution in [-0.2, 0) is 6.18 Å². The Morgan fingerprint density at radius 3 is 2.26 bits per heavy atom. The molecule has 0 fully saturated rings. The first-order valence-corrected chi connectivity index (χ1v) is 7.64. The predicted molar refractivity (Wildman–Crippen MR) is 92.3 cm³/mol. The van der Waals surface area contributed by atoms with E-state index in [4.69, 9.17) is 9.47 Å². The number of rotatable bonds is 5. The lowest BCUT2D eigenvalue weighted by atomic mass is 10.1. The number of methoxy groups -OCH3 is 2. The van der Waals surface area contributed by atoms with Crippen LogP contribution in [0.1, 0.15) is 28.4 Å². The maximum Gasteiger partial charge on any atom is 0.416 e. The van der Waals surface area contributed by atoms with E-state index in [1.165, 1.54) is 33.3 Å². The Kier molecular flexibility index (Phi) is 5.94. The summed E-state index contributed by atoms with van der Waals surface area (Å²) in [5.41, 5.74) is 1.85. The van der Waals surface area contributed by atoms with E-state index in [0.717, 1.165) is 24.3 Å². The smallest absolute Gasteiger partial charge is 0.416 e. The number of hydrazone groups is 1. The van der Waals surface area contributed by atoms with Crippen LogP contribution in [-0.4, -0.2) is 30.9 Å². The molecule has 144 valence electrons. The van der Waals surface area contributed by atoms with Gasteiger partial charge < -0.3 is 14.6 Å². The molecular weight excluding hydrogens is 365 g/mol. The van der Waals surface area contributed by atoms with Crippen molar-refractivity contribution in [2.45, 2.75) is 13.1 Å². The summed E-state index contributed by atoms with van der Waals surface area (Å²) in [7, 11) is 2.82. The lowest BCUT2D eigenvalue weighted by Gasteiger charge is -2.12. The molecule has 0 aromatic heterocycles. The second-order valence-corrected chi connectivity index (χ2v) is 5.44. The van der Waals surface area contributed by atoms with Crippen molar-refractivity contribution in [3.63, 3.8) is 0 Å². The van der Waals surface area contributed by atoms with Crippen LogP contribution in [0.5, 0.6) is 17.2 Å². The number of nitrogens with zero attached hydrogens (tertiary/aromatic N) is 1. The van der Waals surface area contributed by atoms with E-state index in [1.54, 1.807) is 0 Å². The molecule has 0 heterocycles. The number of nitrogens with one attached hydrogen (secondary N) is 1. The number of ether oxygens (including phenoxy) is 2. The van der Waals surface area contributed by atoms with Crippen molar-refractivity contribution < 1.29 is 32.5 Å². The van der Waals surface area contributed by atoms with Gasteiger partial charge in [-0.25, -0.2) is 5.43 Å². The molecule has 0 aliphatic heterocycles. The van der Waals surface area contributed by atoms with Gasteiger partial charge in [0.15, 0.2) is 0 Å². The maximum atomic E-state index is 12.6. The van der Waals surface area contributed by atoms with Crippen molar-refractivity contribution in [3.8, 4) is 17.2 Å². The molecule has 9 heteroatoms. The molecule has 0 saturated carbocycles. The van der Waals surface area contributed by atoms with Crippen LogP contribution >= 0.6 is 0 Å². The molecule has 0 aliphatic carbocycles. The van der Waals surface area contributed by atoms with Crippen LogP contribution < -0.4 is 14.9 Å². The number of aromatic hydroxyl groups is 1. The van der Waals surface area contributed by atoms with Crippen molar-refractivity contribution >= 4 is 11.6 Å². The Balaban J connectivity index is 2.21. The second kappa shape index (κ2) is 7.98. The first kappa shape index (κ1) is 20.1. The van der Waals surface area contributed by atoms with Gasteiger partial charge in [-0.1, -0.05) is 0 Å². The zero-order chi connectivity index (χ0) is 20.2. The fourth-order valence-electron chi connectivity index (χ4n) is 2.28. The first-order valence-electron chi connectivity index (χ1n) is 7.64. The monoisotopic (exact) mass is 382 g/mol. The average molecular weight is 382 g/mol. The quantitative estimate of drug-likeness (QED) is 0.612. The summed E-state index contributed by atoms with van der Waals surface area (Å²) in [5, 5.41) is 14.0. The molecule has 1 amide bonds. The topological polar surface area (TPSA) is 80.2 Å². The van der Waals surface area contributed by atoms with E-state index in [-0.39, 0.29) is 28.3 Å². The molecule has 27 heavy (non-hydrogen) atoms. The molecule has 2 aromatic rings. The molecule has 0 atom stereocenters. The molecule has 6 nitrogen and oxygen atoms in total. The number of amides is 1. The van der Waals surface area contributed by atoms with Crippen LogP contribution in [0.3, 0.4) is 0 Å². The third kappa shape index (κ3) is 4.69. The van der Waals surface area contributed by atoms with E-state index in [1.807, 2.05) is 0 Å². The molecule has 2 rings (SSSR count). The highest BCUT2D eigenvalue weighted by Gasteiger charge is 2.30. The number of carbonyl (C=O) groups is 1. The van der Waals surface area contributed by atoms with E-state index in [2.05, 4.69) is 10.5 Å². The normalized spacial score (nSPS) is 11.9. The zero-order valence-corrected chi connectivity index (χ0v) is 14.7. The van der Waals surface area contributed by atoms with Crippen LogP contribution in [0, 0.1) is 0 Å². The Labute approximate surface area is 153 Å². The average Bonchev–Trinajstić information content (AvgIpc) is 2.64. The molecule has 0 spiro atoms. The molecular formula is C18H17F3N2O4. The Morgan fingerprint density at radius 2 is 1.74 bits per heavy atom. The standard InChI is InChI=1S/C18H17F3N2O4/c1-10(16-14(24)8-13(26-2)9-15(16)27-3)22-23-17(25)11-4-6-12(7-5-11)18(19,20)21/h4-9,24H,1-3H3,(H,23,25). The van der Waals surface area contributed by atoms with E-state index in [0.29, 0.717) is 5.75 Å². The summed E-state index contributed by atoms with van der Waals surface area (Å²) in [6.45, 7) is 1.52. The summed E-state index contributed by atoms with van der Waals surface area (Å²) < 4.78 is 47.9. The van der Waals surface area contributed by atoms with Gasteiger partial charge in [-0.2, -0.15) is 18.3 Å².